The van der Waals surface area contributed by atoms with Crippen LogP contribution in [0.15, 0.2) is 40.8 Å². The minimum Gasteiger partial charge on any atom is -0.454 e. The first-order valence-electron chi connectivity index (χ1n) is 8.16. The lowest BCUT2D eigenvalue weighted by Gasteiger charge is -2.04. The van der Waals surface area contributed by atoms with Gasteiger partial charge in [0.1, 0.15) is 0 Å². The van der Waals surface area contributed by atoms with Crippen molar-refractivity contribution in [1.29, 1.82) is 0 Å². The van der Waals surface area contributed by atoms with Crippen molar-refractivity contribution >= 4 is 5.91 Å². The topological polar surface area (TPSA) is 105 Å². The smallest absolute Gasteiger partial charge is 0.309 e. The fourth-order valence-electron chi connectivity index (χ4n) is 2.77. The predicted octanol–water partition coefficient (Wildman–Crippen LogP) is 2.12. The van der Waals surface area contributed by atoms with E-state index in [0.29, 0.717) is 28.6 Å². The first kappa shape index (κ1) is 15.5. The number of nitrogens with zero attached hydrogens (tertiary/aromatic N) is 2. The molecule has 3 aromatic rings. The average Bonchev–Trinajstić information content (AvgIpc) is 3.45. The lowest BCUT2D eigenvalue weighted by atomic mass is 10.2. The predicted molar refractivity (Wildman–Crippen MR) is 89.6 cm³/mol. The van der Waals surface area contributed by atoms with Crippen molar-refractivity contribution in [2.24, 2.45) is 0 Å². The molecule has 5 rings (SSSR count). The van der Waals surface area contributed by atoms with Gasteiger partial charge in [-0.15, -0.1) is 10.2 Å². The van der Waals surface area contributed by atoms with Gasteiger partial charge in [0.2, 0.25) is 19.5 Å². The molecule has 1 amide bonds. The van der Waals surface area contributed by atoms with E-state index in [0.717, 1.165) is 5.56 Å². The van der Waals surface area contributed by atoms with E-state index in [1.165, 1.54) is 0 Å². The highest BCUT2D eigenvalue weighted by Crippen LogP contribution is 2.35. The van der Waals surface area contributed by atoms with E-state index in [9.17, 15) is 4.79 Å². The number of carbonyl (C=O) groups is 1. The summed E-state index contributed by atoms with van der Waals surface area (Å²) in [6.07, 6.45) is 0. The van der Waals surface area contributed by atoms with Crippen molar-refractivity contribution in [1.82, 2.24) is 15.5 Å². The van der Waals surface area contributed by atoms with Gasteiger partial charge in [0.05, 0.1) is 0 Å². The number of rotatable bonds is 4. The van der Waals surface area contributed by atoms with Crippen LogP contribution in [-0.2, 0) is 6.54 Å². The Morgan fingerprint density at radius 3 is 2.41 bits per heavy atom. The minimum atomic E-state index is -0.466. The average molecular weight is 367 g/mol. The minimum absolute atomic E-state index is 0.122. The molecule has 0 saturated carbocycles. The molecule has 3 heterocycles. The Hall–Kier alpha value is -3.75. The van der Waals surface area contributed by atoms with E-state index in [1.807, 2.05) is 12.1 Å². The maximum Gasteiger partial charge on any atom is 0.309 e. The second-order valence-electron chi connectivity index (χ2n) is 5.85. The summed E-state index contributed by atoms with van der Waals surface area (Å²) in [4.78, 5) is 12.3. The summed E-state index contributed by atoms with van der Waals surface area (Å²) in [6, 6.07) is 10.7. The van der Waals surface area contributed by atoms with Crippen molar-refractivity contribution in [2.75, 3.05) is 13.6 Å². The SMILES string of the molecule is O=C(NCc1ccc2c(c1)OCO2)c1nnc(-c2ccc3c(c2)OCO3)o1. The van der Waals surface area contributed by atoms with Gasteiger partial charge in [-0.3, -0.25) is 4.79 Å². The van der Waals surface area contributed by atoms with Crippen molar-refractivity contribution in [3.05, 3.63) is 47.9 Å². The molecule has 0 radical (unpaired) electrons. The van der Waals surface area contributed by atoms with Crippen LogP contribution in [0, 0.1) is 0 Å². The molecule has 0 bridgehead atoms. The Balaban J connectivity index is 1.27. The number of hydrogen-bond donors (Lipinski definition) is 1. The molecule has 9 heteroatoms. The lowest BCUT2D eigenvalue weighted by molar-refractivity contribution is 0.0916. The van der Waals surface area contributed by atoms with Crippen LogP contribution in [-0.4, -0.2) is 29.7 Å². The number of carbonyl (C=O) groups excluding carboxylic acids is 1. The molecule has 1 aromatic heterocycles. The number of nitrogens with one attached hydrogen (secondary N) is 1. The first-order chi connectivity index (χ1) is 13.3. The summed E-state index contributed by atoms with van der Waals surface area (Å²) in [5.41, 5.74) is 1.50. The van der Waals surface area contributed by atoms with E-state index in [4.69, 9.17) is 23.4 Å². The Kier molecular flexibility index (Phi) is 3.56. The highest BCUT2D eigenvalue weighted by Gasteiger charge is 2.19. The third-order valence-corrected chi connectivity index (χ3v) is 4.13. The maximum atomic E-state index is 12.3. The standard InChI is InChI=1S/C18H13N3O6/c22-16(19-7-10-1-3-12-14(5-10)25-8-23-12)18-21-20-17(27-18)11-2-4-13-15(6-11)26-9-24-13/h1-6H,7-9H2,(H,19,22). The summed E-state index contributed by atoms with van der Waals surface area (Å²) in [7, 11) is 0. The van der Waals surface area contributed by atoms with E-state index < -0.39 is 5.91 Å². The zero-order chi connectivity index (χ0) is 18.2. The van der Waals surface area contributed by atoms with Crippen LogP contribution >= 0.6 is 0 Å². The van der Waals surface area contributed by atoms with Gasteiger partial charge in [-0.1, -0.05) is 6.07 Å². The number of aromatic nitrogens is 2. The summed E-state index contributed by atoms with van der Waals surface area (Å²) in [5.74, 6) is 2.23. The Bertz CT molecular complexity index is 1030. The number of benzene rings is 2. The first-order valence-corrected chi connectivity index (χ1v) is 8.16. The van der Waals surface area contributed by atoms with Crippen molar-refractivity contribution in [3.8, 4) is 34.5 Å². The maximum absolute atomic E-state index is 12.3. The van der Waals surface area contributed by atoms with Crippen LogP contribution in [0.1, 0.15) is 16.2 Å². The van der Waals surface area contributed by atoms with Gasteiger partial charge in [-0.2, -0.15) is 0 Å². The molecule has 0 unspecified atom stereocenters. The summed E-state index contributed by atoms with van der Waals surface area (Å²) in [5, 5.41) is 10.5. The molecule has 0 aliphatic carbocycles. The zero-order valence-electron chi connectivity index (χ0n) is 13.9. The molecule has 2 aliphatic rings. The molecule has 9 nitrogen and oxygen atoms in total. The Labute approximate surface area is 152 Å². The van der Waals surface area contributed by atoms with Crippen molar-refractivity contribution in [3.63, 3.8) is 0 Å². The van der Waals surface area contributed by atoms with Gasteiger partial charge in [0, 0.05) is 12.1 Å². The number of hydrogen-bond acceptors (Lipinski definition) is 8. The fourth-order valence-corrected chi connectivity index (χ4v) is 2.77. The Morgan fingerprint density at radius 2 is 1.59 bits per heavy atom. The largest absolute Gasteiger partial charge is 0.454 e. The van der Waals surface area contributed by atoms with E-state index in [1.54, 1.807) is 24.3 Å². The van der Waals surface area contributed by atoms with E-state index in [-0.39, 0.29) is 31.9 Å². The van der Waals surface area contributed by atoms with Gasteiger partial charge in [-0.25, -0.2) is 0 Å². The monoisotopic (exact) mass is 367 g/mol. The Morgan fingerprint density at radius 1 is 0.889 bits per heavy atom. The van der Waals surface area contributed by atoms with Crippen molar-refractivity contribution in [2.45, 2.75) is 6.54 Å². The summed E-state index contributed by atoms with van der Waals surface area (Å²) in [6.45, 7) is 0.670. The van der Waals surface area contributed by atoms with Crippen LogP contribution < -0.4 is 24.3 Å². The van der Waals surface area contributed by atoms with Crippen LogP contribution in [0.25, 0.3) is 11.5 Å². The third kappa shape index (κ3) is 2.88. The molecule has 2 aromatic carbocycles. The molecule has 136 valence electrons. The molecule has 0 saturated heterocycles. The van der Waals surface area contributed by atoms with E-state index in [2.05, 4.69) is 15.5 Å². The van der Waals surface area contributed by atoms with Gasteiger partial charge in [-0.05, 0) is 35.9 Å². The molecule has 0 atom stereocenters. The van der Waals surface area contributed by atoms with Crippen molar-refractivity contribution < 1.29 is 28.2 Å². The molecule has 0 spiro atoms. The van der Waals surface area contributed by atoms with Crippen LogP contribution in [0.3, 0.4) is 0 Å². The molecular formula is C18H13N3O6. The fraction of sp³-hybridized carbons (Fsp3) is 0.167. The lowest BCUT2D eigenvalue weighted by Crippen LogP contribution is -2.23. The molecular weight excluding hydrogens is 354 g/mol. The van der Waals surface area contributed by atoms with Gasteiger partial charge in [0.25, 0.3) is 0 Å². The highest BCUT2D eigenvalue weighted by atomic mass is 16.7. The summed E-state index contributed by atoms with van der Waals surface area (Å²) < 4.78 is 26.6. The number of amides is 1. The number of ether oxygens (including phenoxy) is 4. The number of fused-ring (bicyclic) bond motifs is 2. The van der Waals surface area contributed by atoms with Crippen LogP contribution in [0.4, 0.5) is 0 Å². The van der Waals surface area contributed by atoms with Gasteiger partial charge in [0.15, 0.2) is 23.0 Å². The molecule has 2 aliphatic heterocycles. The zero-order valence-corrected chi connectivity index (χ0v) is 13.9. The normalized spacial score (nSPS) is 13.6. The highest BCUT2D eigenvalue weighted by molar-refractivity contribution is 5.89. The molecule has 27 heavy (non-hydrogen) atoms. The summed E-state index contributed by atoms with van der Waals surface area (Å²) >= 11 is 0. The quantitative estimate of drug-likeness (QED) is 0.748. The van der Waals surface area contributed by atoms with Crippen LogP contribution in [0.5, 0.6) is 23.0 Å². The second kappa shape index (κ2) is 6.20. The third-order valence-electron chi connectivity index (χ3n) is 4.13. The molecule has 0 fully saturated rings. The van der Waals surface area contributed by atoms with Crippen LogP contribution in [0.2, 0.25) is 0 Å². The van der Waals surface area contributed by atoms with E-state index >= 15 is 0 Å². The second-order valence-corrected chi connectivity index (χ2v) is 5.85. The van der Waals surface area contributed by atoms with Gasteiger partial charge >= 0.3 is 11.8 Å². The molecule has 1 N–H and O–H groups in total. The van der Waals surface area contributed by atoms with Gasteiger partial charge < -0.3 is 28.7 Å².